The Morgan fingerprint density at radius 3 is 2.53 bits per heavy atom. The van der Waals surface area contributed by atoms with Crippen LogP contribution < -0.4 is 0 Å². The van der Waals surface area contributed by atoms with Gasteiger partial charge >= 0.3 is 5.97 Å². The summed E-state index contributed by atoms with van der Waals surface area (Å²) in [5.41, 5.74) is 1.61. The number of hydrogen-bond donors (Lipinski definition) is 0. The summed E-state index contributed by atoms with van der Waals surface area (Å²) >= 11 is 1.25. The third-order valence-corrected chi connectivity index (χ3v) is 5.53. The average molecular weight is 462 g/mol. The van der Waals surface area contributed by atoms with Crippen molar-refractivity contribution in [1.29, 1.82) is 0 Å². The van der Waals surface area contributed by atoms with E-state index in [1.54, 1.807) is 6.20 Å². The maximum absolute atomic E-state index is 13.8. The van der Waals surface area contributed by atoms with E-state index in [-0.39, 0.29) is 31.7 Å². The Labute approximate surface area is 190 Å². The molecule has 0 atom stereocenters. The predicted molar refractivity (Wildman–Crippen MR) is 116 cm³/mol. The van der Waals surface area contributed by atoms with Gasteiger partial charge in [0, 0.05) is 24.1 Å². The summed E-state index contributed by atoms with van der Waals surface area (Å²) in [6, 6.07) is 9.07. The highest BCUT2D eigenvalue weighted by molar-refractivity contribution is 7.99. The fraction of sp³-hybridized carbons (Fsp3) is 0.348. The van der Waals surface area contributed by atoms with Crippen molar-refractivity contribution in [3.63, 3.8) is 0 Å². The number of aromatic nitrogens is 3. The van der Waals surface area contributed by atoms with Crippen LogP contribution in [0.5, 0.6) is 0 Å². The van der Waals surface area contributed by atoms with Crippen LogP contribution in [-0.4, -0.2) is 33.7 Å². The minimum Gasteiger partial charge on any atom is -0.463 e. The molecule has 0 spiro atoms. The largest absolute Gasteiger partial charge is 0.463 e. The molecule has 0 bridgehead atoms. The first-order valence-corrected chi connectivity index (χ1v) is 11.0. The van der Waals surface area contributed by atoms with Gasteiger partial charge < -0.3 is 14.0 Å². The second-order valence-corrected chi connectivity index (χ2v) is 8.44. The number of imidazole rings is 1. The van der Waals surface area contributed by atoms with E-state index in [0.29, 0.717) is 17.3 Å². The Hall–Kier alpha value is -2.78. The van der Waals surface area contributed by atoms with Crippen LogP contribution in [0.2, 0.25) is 0 Å². The number of esters is 1. The van der Waals surface area contributed by atoms with E-state index in [4.69, 9.17) is 14.5 Å². The Morgan fingerprint density at radius 1 is 1.16 bits per heavy atom. The van der Waals surface area contributed by atoms with Crippen molar-refractivity contribution < 1.29 is 23.0 Å². The van der Waals surface area contributed by atoms with Crippen LogP contribution in [0.3, 0.4) is 0 Å². The minimum atomic E-state index is -0.636. The molecule has 3 aromatic rings. The molecule has 0 saturated carbocycles. The van der Waals surface area contributed by atoms with Crippen molar-refractivity contribution in [2.24, 2.45) is 0 Å². The molecular weight excluding hydrogens is 436 g/mol. The number of hydrogen-bond acceptors (Lipinski definition) is 6. The molecule has 0 aliphatic carbocycles. The number of halogens is 2. The van der Waals surface area contributed by atoms with Gasteiger partial charge in [0.1, 0.15) is 35.7 Å². The summed E-state index contributed by atoms with van der Waals surface area (Å²) in [7, 11) is 0. The quantitative estimate of drug-likeness (QED) is 0.314. The van der Waals surface area contributed by atoms with Crippen LogP contribution in [-0.2, 0) is 27.4 Å². The summed E-state index contributed by atoms with van der Waals surface area (Å²) in [5, 5.41) is 0.772. The lowest BCUT2D eigenvalue weighted by atomic mass is 10.1. The molecule has 0 amide bonds. The molecule has 6 nitrogen and oxygen atoms in total. The maximum Gasteiger partial charge on any atom is 0.302 e. The molecular formula is C23H25F2N3O3S. The highest BCUT2D eigenvalue weighted by Gasteiger charge is 2.21. The van der Waals surface area contributed by atoms with Gasteiger partial charge in [0.05, 0.1) is 24.5 Å². The topological polar surface area (TPSA) is 66.2 Å². The smallest absolute Gasteiger partial charge is 0.302 e. The van der Waals surface area contributed by atoms with E-state index < -0.39 is 11.6 Å². The zero-order valence-electron chi connectivity index (χ0n) is 18.2. The summed E-state index contributed by atoms with van der Waals surface area (Å²) in [5.74, 6) is -0.914. The van der Waals surface area contributed by atoms with Crippen molar-refractivity contribution in [3.05, 3.63) is 71.4 Å². The second kappa shape index (κ2) is 11.2. The standard InChI is InChI=1S/C23H25F2N3O3S/c1-15(2)22-23(32-20-11-17(24)10-18(25)12-20)28(13-19-6-4-5-7-26-19)21(27-22)14-30-8-9-31-16(3)29/h4-7,10-12,15H,8-9,13-14H2,1-3H3. The number of ether oxygens (including phenoxy) is 2. The lowest BCUT2D eigenvalue weighted by Crippen LogP contribution is -2.12. The maximum atomic E-state index is 13.8. The molecule has 3 rings (SSSR count). The van der Waals surface area contributed by atoms with Gasteiger partial charge in [0.25, 0.3) is 0 Å². The van der Waals surface area contributed by atoms with Crippen LogP contribution in [0.25, 0.3) is 0 Å². The third kappa shape index (κ3) is 6.61. The van der Waals surface area contributed by atoms with Gasteiger partial charge in [-0.05, 0) is 30.2 Å². The number of benzene rings is 1. The molecule has 9 heteroatoms. The highest BCUT2D eigenvalue weighted by Crippen LogP contribution is 2.36. The second-order valence-electron chi connectivity index (χ2n) is 7.38. The van der Waals surface area contributed by atoms with Gasteiger partial charge in [-0.15, -0.1) is 0 Å². The van der Waals surface area contributed by atoms with Crippen LogP contribution in [0.1, 0.15) is 43.9 Å². The Morgan fingerprint density at radius 2 is 1.91 bits per heavy atom. The summed E-state index contributed by atoms with van der Waals surface area (Å²) in [6.45, 7) is 6.34. The number of carbonyl (C=O) groups excluding carboxylic acids is 1. The van der Waals surface area contributed by atoms with Gasteiger partial charge in [-0.25, -0.2) is 13.8 Å². The lowest BCUT2D eigenvalue weighted by Gasteiger charge is -2.13. The van der Waals surface area contributed by atoms with Gasteiger partial charge in [0.15, 0.2) is 0 Å². The number of pyridine rings is 1. The monoisotopic (exact) mass is 461 g/mol. The number of carbonyl (C=O) groups is 1. The summed E-state index contributed by atoms with van der Waals surface area (Å²) < 4.78 is 40.1. The normalized spacial score (nSPS) is 11.2. The van der Waals surface area contributed by atoms with E-state index in [1.165, 1.54) is 30.8 Å². The first-order valence-electron chi connectivity index (χ1n) is 10.2. The molecule has 2 heterocycles. The molecule has 0 radical (unpaired) electrons. The zero-order chi connectivity index (χ0) is 23.1. The first kappa shape index (κ1) is 23.9. The Balaban J connectivity index is 1.94. The van der Waals surface area contributed by atoms with Crippen molar-refractivity contribution in [3.8, 4) is 0 Å². The number of rotatable bonds is 10. The van der Waals surface area contributed by atoms with Crippen LogP contribution in [0.4, 0.5) is 8.78 Å². The Bertz CT molecular complexity index is 1040. The number of nitrogens with zero attached hydrogens (tertiary/aromatic N) is 3. The van der Waals surface area contributed by atoms with Crippen LogP contribution in [0.15, 0.2) is 52.5 Å². The van der Waals surface area contributed by atoms with Gasteiger partial charge in [-0.1, -0.05) is 31.7 Å². The van der Waals surface area contributed by atoms with E-state index >= 15 is 0 Å². The molecule has 32 heavy (non-hydrogen) atoms. The minimum absolute atomic E-state index is 0.0701. The van der Waals surface area contributed by atoms with E-state index in [2.05, 4.69) is 4.98 Å². The molecule has 0 fully saturated rings. The third-order valence-electron chi connectivity index (χ3n) is 4.43. The molecule has 0 aliphatic heterocycles. The average Bonchev–Trinajstić information content (AvgIpc) is 3.05. The van der Waals surface area contributed by atoms with Crippen LogP contribution >= 0.6 is 11.8 Å². The van der Waals surface area contributed by atoms with Gasteiger partial charge in [-0.2, -0.15) is 0 Å². The Kier molecular flexibility index (Phi) is 8.35. The van der Waals surface area contributed by atoms with Gasteiger partial charge in [-0.3, -0.25) is 9.78 Å². The highest BCUT2D eigenvalue weighted by atomic mass is 32.2. The van der Waals surface area contributed by atoms with E-state index in [9.17, 15) is 13.6 Å². The van der Waals surface area contributed by atoms with Crippen molar-refractivity contribution in [1.82, 2.24) is 14.5 Å². The molecule has 1 aromatic carbocycles. The molecule has 0 N–H and O–H groups in total. The fourth-order valence-electron chi connectivity index (χ4n) is 3.02. The van der Waals surface area contributed by atoms with Crippen molar-refractivity contribution >= 4 is 17.7 Å². The summed E-state index contributed by atoms with van der Waals surface area (Å²) in [6.07, 6.45) is 1.71. The van der Waals surface area contributed by atoms with Crippen molar-refractivity contribution in [2.75, 3.05) is 13.2 Å². The molecule has 170 valence electrons. The fourth-order valence-corrected chi connectivity index (χ4v) is 4.25. The van der Waals surface area contributed by atoms with Crippen molar-refractivity contribution in [2.45, 2.75) is 49.8 Å². The van der Waals surface area contributed by atoms with Crippen LogP contribution in [0, 0.1) is 11.6 Å². The molecule has 2 aromatic heterocycles. The lowest BCUT2D eigenvalue weighted by molar-refractivity contribution is -0.142. The SMILES string of the molecule is CC(=O)OCCOCc1nc(C(C)C)c(Sc2cc(F)cc(F)c2)n1Cc1ccccn1. The van der Waals surface area contributed by atoms with E-state index in [0.717, 1.165) is 22.5 Å². The molecule has 0 aliphatic rings. The van der Waals surface area contributed by atoms with E-state index in [1.807, 2.05) is 36.6 Å². The van der Waals surface area contributed by atoms with Gasteiger partial charge in [0.2, 0.25) is 0 Å². The predicted octanol–water partition coefficient (Wildman–Crippen LogP) is 4.96. The first-order chi connectivity index (χ1) is 15.3. The molecule has 0 saturated heterocycles. The summed E-state index contributed by atoms with van der Waals surface area (Å²) in [4.78, 5) is 20.5. The zero-order valence-corrected chi connectivity index (χ0v) is 19.0. The molecule has 0 unspecified atom stereocenters.